The first-order valence-electron chi connectivity index (χ1n) is 7.56. The van der Waals surface area contributed by atoms with Crippen molar-refractivity contribution in [1.82, 2.24) is 9.97 Å². The molecule has 142 valence electrons. The van der Waals surface area contributed by atoms with Crippen molar-refractivity contribution in [3.8, 4) is 0 Å². The molecule has 2 heterocycles. The first-order valence-corrected chi connectivity index (χ1v) is 8.48. The first-order chi connectivity index (χ1) is 12.9. The summed E-state index contributed by atoms with van der Waals surface area (Å²) in [5.41, 5.74) is 0.799. The van der Waals surface area contributed by atoms with Crippen LogP contribution in [-0.4, -0.2) is 52.5 Å². The van der Waals surface area contributed by atoms with Crippen molar-refractivity contribution < 1.29 is 28.7 Å². The molecule has 0 amide bonds. The molecule has 2 aromatic heterocycles. The summed E-state index contributed by atoms with van der Waals surface area (Å²) in [5.74, 6) is -1.78. The summed E-state index contributed by atoms with van der Waals surface area (Å²) in [4.78, 5) is 51.2. The fourth-order valence-electron chi connectivity index (χ4n) is 1.70. The summed E-state index contributed by atoms with van der Waals surface area (Å²) in [5, 5.41) is 0. The van der Waals surface area contributed by atoms with E-state index in [4.69, 9.17) is 0 Å². The van der Waals surface area contributed by atoms with Gasteiger partial charge in [-0.2, -0.15) is 0 Å². The van der Waals surface area contributed by atoms with Crippen molar-refractivity contribution in [2.45, 2.75) is 11.2 Å². The normalized spacial score (nSPS) is 10.6. The van der Waals surface area contributed by atoms with Gasteiger partial charge in [-0.05, 0) is 24.3 Å². The van der Waals surface area contributed by atoms with Crippen LogP contribution >= 0.6 is 15.9 Å². The zero-order valence-electron chi connectivity index (χ0n) is 14.6. The fourth-order valence-corrected chi connectivity index (χ4v) is 2.15. The van der Waals surface area contributed by atoms with E-state index in [9.17, 15) is 19.2 Å². The van der Waals surface area contributed by atoms with Crippen molar-refractivity contribution in [3.63, 3.8) is 0 Å². The maximum absolute atomic E-state index is 11.6. The summed E-state index contributed by atoms with van der Waals surface area (Å²) in [7, 11) is 2.48. The number of methoxy groups -OCH3 is 2. The molecular weight excluding hydrogens is 420 g/mol. The molecule has 0 aromatic carbocycles. The van der Waals surface area contributed by atoms with Gasteiger partial charge in [-0.15, -0.1) is 0 Å². The van der Waals surface area contributed by atoms with E-state index < -0.39 is 16.8 Å². The zero-order valence-corrected chi connectivity index (χ0v) is 16.2. The van der Waals surface area contributed by atoms with E-state index in [0.717, 1.165) is 0 Å². The maximum atomic E-state index is 11.6. The second kappa shape index (κ2) is 11.6. The quantitative estimate of drug-likeness (QED) is 0.292. The number of aromatic nitrogens is 2. The number of nitrogens with zero attached hydrogens (tertiary/aromatic N) is 2. The molecule has 2 aromatic rings. The minimum absolute atomic E-state index is 0.234. The van der Waals surface area contributed by atoms with Gasteiger partial charge in [0.25, 0.3) is 0 Å². The molecule has 2 rings (SSSR count). The highest BCUT2D eigenvalue weighted by atomic mass is 79.9. The van der Waals surface area contributed by atoms with Gasteiger partial charge < -0.3 is 9.47 Å². The molecule has 8 nitrogen and oxygen atoms in total. The average molecular weight is 437 g/mol. The van der Waals surface area contributed by atoms with E-state index in [-0.39, 0.29) is 18.0 Å². The van der Waals surface area contributed by atoms with Crippen LogP contribution in [0.25, 0.3) is 0 Å². The molecule has 0 aliphatic rings. The molecule has 27 heavy (non-hydrogen) atoms. The van der Waals surface area contributed by atoms with Crippen molar-refractivity contribution in [1.29, 1.82) is 0 Å². The summed E-state index contributed by atoms with van der Waals surface area (Å²) in [6, 6.07) is 6.47. The SMILES string of the molecule is COC(=O)C(Br)C(=O)c1cccnc1.COC(=O)CC(=O)c1cccnc1. The molecular formula is C18H17BrN2O6. The van der Waals surface area contributed by atoms with Gasteiger partial charge in [0, 0.05) is 35.9 Å². The largest absolute Gasteiger partial charge is 0.469 e. The van der Waals surface area contributed by atoms with E-state index in [2.05, 4.69) is 35.4 Å². The van der Waals surface area contributed by atoms with Gasteiger partial charge in [0.05, 0.1) is 14.2 Å². The molecule has 1 atom stereocenters. The zero-order chi connectivity index (χ0) is 20.2. The highest BCUT2D eigenvalue weighted by Crippen LogP contribution is 2.10. The van der Waals surface area contributed by atoms with Crippen LogP contribution in [0.3, 0.4) is 0 Å². The van der Waals surface area contributed by atoms with Gasteiger partial charge in [-0.25, -0.2) is 0 Å². The van der Waals surface area contributed by atoms with E-state index in [1.54, 1.807) is 36.7 Å². The maximum Gasteiger partial charge on any atom is 0.327 e. The molecule has 9 heteroatoms. The second-order valence-electron chi connectivity index (χ2n) is 4.91. The van der Waals surface area contributed by atoms with Crippen LogP contribution < -0.4 is 0 Å². The third-order valence-electron chi connectivity index (χ3n) is 3.10. The average Bonchev–Trinajstić information content (AvgIpc) is 2.73. The Morgan fingerprint density at radius 2 is 1.52 bits per heavy atom. The monoisotopic (exact) mass is 436 g/mol. The van der Waals surface area contributed by atoms with E-state index >= 15 is 0 Å². The molecule has 0 saturated heterocycles. The molecule has 0 radical (unpaired) electrons. The number of ketones is 2. The Balaban J connectivity index is 0.000000271. The second-order valence-corrected chi connectivity index (χ2v) is 5.83. The number of hydrogen-bond donors (Lipinski definition) is 0. The van der Waals surface area contributed by atoms with Crippen LogP contribution in [0.2, 0.25) is 0 Å². The lowest BCUT2D eigenvalue weighted by Gasteiger charge is -2.05. The number of ether oxygens (including phenoxy) is 2. The van der Waals surface area contributed by atoms with Crippen molar-refractivity contribution in [3.05, 3.63) is 60.2 Å². The van der Waals surface area contributed by atoms with Crippen LogP contribution in [0, 0.1) is 0 Å². The number of esters is 2. The van der Waals surface area contributed by atoms with Gasteiger partial charge in [-0.1, -0.05) is 15.9 Å². The van der Waals surface area contributed by atoms with Gasteiger partial charge >= 0.3 is 11.9 Å². The van der Waals surface area contributed by atoms with Crippen molar-refractivity contribution in [2.24, 2.45) is 0 Å². The van der Waals surface area contributed by atoms with E-state index in [1.807, 2.05) is 0 Å². The third-order valence-corrected chi connectivity index (χ3v) is 3.89. The molecule has 0 fully saturated rings. The molecule has 0 aliphatic carbocycles. The number of hydrogen-bond acceptors (Lipinski definition) is 8. The lowest BCUT2D eigenvalue weighted by Crippen LogP contribution is -2.25. The van der Waals surface area contributed by atoms with E-state index in [0.29, 0.717) is 11.1 Å². The number of rotatable bonds is 6. The molecule has 0 aliphatic heterocycles. The van der Waals surface area contributed by atoms with Crippen LogP contribution in [0.4, 0.5) is 0 Å². The van der Waals surface area contributed by atoms with Crippen LogP contribution in [-0.2, 0) is 19.1 Å². The van der Waals surface area contributed by atoms with Gasteiger partial charge in [0.2, 0.25) is 0 Å². The van der Waals surface area contributed by atoms with E-state index in [1.165, 1.54) is 26.6 Å². The number of halogens is 1. The first kappa shape index (κ1) is 22.1. The number of alkyl halides is 1. The summed E-state index contributed by atoms with van der Waals surface area (Å²) < 4.78 is 8.79. The Morgan fingerprint density at radius 3 is 1.96 bits per heavy atom. The van der Waals surface area contributed by atoms with Crippen molar-refractivity contribution >= 4 is 39.4 Å². The number of carbonyl (C=O) groups excluding carboxylic acids is 4. The topological polar surface area (TPSA) is 113 Å². The Morgan fingerprint density at radius 1 is 0.963 bits per heavy atom. The predicted octanol–water partition coefficient (Wildman–Crippen LogP) is 2.03. The third kappa shape index (κ3) is 7.45. The van der Waals surface area contributed by atoms with Gasteiger partial charge in [0.15, 0.2) is 16.4 Å². The molecule has 1 unspecified atom stereocenters. The van der Waals surface area contributed by atoms with Gasteiger partial charge in [0.1, 0.15) is 6.42 Å². The Labute approximate surface area is 164 Å². The van der Waals surface area contributed by atoms with Gasteiger partial charge in [-0.3, -0.25) is 29.1 Å². The Bertz CT molecular complexity index is 783. The molecule has 0 saturated carbocycles. The Kier molecular flexibility index (Phi) is 9.52. The number of pyridine rings is 2. The minimum atomic E-state index is -0.961. The fraction of sp³-hybridized carbons (Fsp3) is 0.222. The number of carbonyl (C=O) groups is 4. The number of Topliss-reactive ketones (excluding diaryl/α,β-unsaturated/α-hetero) is 2. The molecule has 0 bridgehead atoms. The smallest absolute Gasteiger partial charge is 0.327 e. The van der Waals surface area contributed by atoms with Crippen molar-refractivity contribution in [2.75, 3.05) is 14.2 Å². The molecule has 0 N–H and O–H groups in total. The lowest BCUT2D eigenvalue weighted by atomic mass is 10.1. The summed E-state index contributed by atoms with van der Waals surface area (Å²) in [6.45, 7) is 0. The van der Waals surface area contributed by atoms with Crippen LogP contribution in [0.1, 0.15) is 27.1 Å². The van der Waals surface area contributed by atoms with Crippen LogP contribution in [0.15, 0.2) is 49.1 Å². The Hall–Kier alpha value is -2.94. The standard InChI is InChI=1S/C9H8BrNO3.C9H9NO3/c1-14-9(13)7(10)8(12)6-3-2-4-11-5-6;1-13-9(12)5-8(11)7-3-2-4-10-6-7/h2-5,7H,1H3;2-4,6H,5H2,1H3. The van der Waals surface area contributed by atoms with Crippen LogP contribution in [0.5, 0.6) is 0 Å². The highest BCUT2D eigenvalue weighted by molar-refractivity contribution is 9.10. The predicted molar refractivity (Wildman–Crippen MR) is 98.5 cm³/mol. The highest BCUT2D eigenvalue weighted by Gasteiger charge is 2.25. The summed E-state index contributed by atoms with van der Waals surface area (Å²) >= 11 is 2.95. The molecule has 0 spiro atoms. The summed E-state index contributed by atoms with van der Waals surface area (Å²) in [6.07, 6.45) is 5.71. The minimum Gasteiger partial charge on any atom is -0.469 e. The lowest BCUT2D eigenvalue weighted by molar-refractivity contribution is -0.140.